The minimum absolute atomic E-state index is 0.00107. The number of amides is 1. The zero-order valence-corrected chi connectivity index (χ0v) is 13.4. The number of carbonyl (C=O) groups excluding carboxylic acids is 1. The minimum Gasteiger partial charge on any atom is -0.493 e. The van der Waals surface area contributed by atoms with Gasteiger partial charge in [-0.1, -0.05) is 22.9 Å². The molecule has 1 fully saturated rings. The number of nitrogens with zero attached hydrogens (tertiary/aromatic N) is 1. The number of hydrogen-bond acceptors (Lipinski definition) is 3. The summed E-state index contributed by atoms with van der Waals surface area (Å²) in [6, 6.07) is 6.64. The molecular formula is C15H18BrNO4. The third-order valence-electron chi connectivity index (χ3n) is 3.67. The van der Waals surface area contributed by atoms with Gasteiger partial charge in [0.15, 0.2) is 0 Å². The van der Waals surface area contributed by atoms with E-state index in [4.69, 9.17) is 4.74 Å². The van der Waals surface area contributed by atoms with Crippen molar-refractivity contribution >= 4 is 27.8 Å². The minimum atomic E-state index is -0.929. The van der Waals surface area contributed by atoms with Crippen LogP contribution in [0.5, 0.6) is 5.75 Å². The molecule has 1 amide bonds. The van der Waals surface area contributed by atoms with Gasteiger partial charge in [0.25, 0.3) is 0 Å². The highest BCUT2D eigenvalue weighted by Crippen LogP contribution is 2.25. The standard InChI is InChI=1S/C15H18BrNO4/c1-10-6-8-17(14(10)15(19)20)13(18)7-9-21-12-4-2-11(16)3-5-12/h2-5,10,14H,6-9H2,1H3,(H,19,20). The Morgan fingerprint density at radius 1 is 1.38 bits per heavy atom. The van der Waals surface area contributed by atoms with E-state index in [0.717, 1.165) is 10.9 Å². The lowest BCUT2D eigenvalue weighted by Crippen LogP contribution is -2.43. The molecule has 114 valence electrons. The molecule has 6 heteroatoms. The van der Waals surface area contributed by atoms with Gasteiger partial charge < -0.3 is 14.7 Å². The first-order valence-corrected chi connectivity index (χ1v) is 7.69. The van der Waals surface area contributed by atoms with Crippen LogP contribution in [0.2, 0.25) is 0 Å². The fraction of sp³-hybridized carbons (Fsp3) is 0.467. The van der Waals surface area contributed by atoms with Crippen LogP contribution < -0.4 is 4.74 Å². The van der Waals surface area contributed by atoms with Gasteiger partial charge in [-0.2, -0.15) is 0 Å². The second-order valence-corrected chi connectivity index (χ2v) is 6.10. The Bertz CT molecular complexity index is 517. The smallest absolute Gasteiger partial charge is 0.326 e. The molecule has 0 aromatic heterocycles. The molecule has 0 spiro atoms. The van der Waals surface area contributed by atoms with E-state index in [1.165, 1.54) is 4.90 Å². The number of halogens is 1. The van der Waals surface area contributed by atoms with Gasteiger partial charge in [0.05, 0.1) is 13.0 Å². The summed E-state index contributed by atoms with van der Waals surface area (Å²) in [5, 5.41) is 9.20. The Hall–Kier alpha value is -1.56. The Balaban J connectivity index is 1.84. The fourth-order valence-corrected chi connectivity index (χ4v) is 2.80. The van der Waals surface area contributed by atoms with Gasteiger partial charge >= 0.3 is 5.97 Å². The second kappa shape index (κ2) is 6.93. The van der Waals surface area contributed by atoms with Crippen LogP contribution in [0, 0.1) is 5.92 Å². The number of carbonyl (C=O) groups is 2. The lowest BCUT2D eigenvalue weighted by atomic mass is 10.0. The van der Waals surface area contributed by atoms with Gasteiger partial charge in [0, 0.05) is 11.0 Å². The molecule has 1 N–H and O–H groups in total. The summed E-state index contributed by atoms with van der Waals surface area (Å²) in [7, 11) is 0. The summed E-state index contributed by atoms with van der Waals surface area (Å²) in [5.41, 5.74) is 0. The zero-order chi connectivity index (χ0) is 15.4. The maximum atomic E-state index is 12.1. The van der Waals surface area contributed by atoms with Crippen LogP contribution in [0.25, 0.3) is 0 Å². The molecule has 1 heterocycles. The van der Waals surface area contributed by atoms with Crippen molar-refractivity contribution in [1.82, 2.24) is 4.90 Å². The number of aliphatic carboxylic acids is 1. The van der Waals surface area contributed by atoms with Crippen molar-refractivity contribution in [3.63, 3.8) is 0 Å². The number of carboxylic acid groups (broad SMARTS) is 1. The summed E-state index contributed by atoms with van der Waals surface area (Å²) < 4.78 is 6.46. The van der Waals surface area contributed by atoms with Crippen molar-refractivity contribution in [3.8, 4) is 5.75 Å². The van der Waals surface area contributed by atoms with E-state index in [9.17, 15) is 14.7 Å². The maximum Gasteiger partial charge on any atom is 0.326 e. The van der Waals surface area contributed by atoms with Gasteiger partial charge in [-0.25, -0.2) is 4.79 Å². The predicted molar refractivity (Wildman–Crippen MR) is 81.2 cm³/mol. The first-order chi connectivity index (χ1) is 9.99. The van der Waals surface area contributed by atoms with Crippen LogP contribution in [-0.2, 0) is 9.59 Å². The topological polar surface area (TPSA) is 66.8 Å². The summed E-state index contributed by atoms with van der Waals surface area (Å²) in [5.74, 6) is -0.402. The van der Waals surface area contributed by atoms with E-state index in [-0.39, 0.29) is 24.9 Å². The molecule has 0 saturated carbocycles. The van der Waals surface area contributed by atoms with Crippen molar-refractivity contribution in [3.05, 3.63) is 28.7 Å². The lowest BCUT2D eigenvalue weighted by molar-refractivity contribution is -0.149. The summed E-state index contributed by atoms with van der Waals surface area (Å²) in [4.78, 5) is 24.8. The third-order valence-corrected chi connectivity index (χ3v) is 4.20. The number of ether oxygens (including phenoxy) is 1. The monoisotopic (exact) mass is 355 g/mol. The molecule has 1 saturated heterocycles. The molecule has 5 nitrogen and oxygen atoms in total. The summed E-state index contributed by atoms with van der Waals surface area (Å²) >= 11 is 3.34. The van der Waals surface area contributed by atoms with E-state index in [2.05, 4.69) is 15.9 Å². The summed E-state index contributed by atoms with van der Waals surface area (Å²) in [6.45, 7) is 2.62. The largest absolute Gasteiger partial charge is 0.493 e. The molecule has 2 unspecified atom stereocenters. The summed E-state index contributed by atoms with van der Waals surface area (Å²) in [6.07, 6.45) is 0.919. The number of likely N-dealkylation sites (tertiary alicyclic amines) is 1. The predicted octanol–water partition coefficient (Wildman–Crippen LogP) is 2.54. The number of benzene rings is 1. The van der Waals surface area contributed by atoms with E-state index in [1.807, 2.05) is 31.2 Å². The normalized spacial score (nSPS) is 21.3. The van der Waals surface area contributed by atoms with Gasteiger partial charge in [-0.3, -0.25) is 4.79 Å². The van der Waals surface area contributed by atoms with Gasteiger partial charge in [0.2, 0.25) is 5.91 Å². The van der Waals surface area contributed by atoms with Gasteiger partial charge in [-0.05, 0) is 36.6 Å². The number of hydrogen-bond donors (Lipinski definition) is 1. The highest BCUT2D eigenvalue weighted by atomic mass is 79.9. The van der Waals surface area contributed by atoms with Crippen molar-refractivity contribution in [2.75, 3.05) is 13.2 Å². The number of rotatable bonds is 5. The molecule has 21 heavy (non-hydrogen) atoms. The molecule has 0 aliphatic carbocycles. The molecule has 0 radical (unpaired) electrons. The van der Waals surface area contributed by atoms with Crippen LogP contribution in [0.3, 0.4) is 0 Å². The molecule has 2 rings (SSSR count). The van der Waals surface area contributed by atoms with Gasteiger partial charge in [-0.15, -0.1) is 0 Å². The van der Waals surface area contributed by atoms with Crippen molar-refractivity contribution < 1.29 is 19.4 Å². The molecule has 1 aromatic carbocycles. The van der Waals surface area contributed by atoms with Gasteiger partial charge in [0.1, 0.15) is 11.8 Å². The van der Waals surface area contributed by atoms with Crippen LogP contribution in [0.4, 0.5) is 0 Å². The second-order valence-electron chi connectivity index (χ2n) is 5.19. The van der Waals surface area contributed by atoms with Crippen molar-refractivity contribution in [1.29, 1.82) is 0 Å². The van der Waals surface area contributed by atoms with Crippen molar-refractivity contribution in [2.24, 2.45) is 5.92 Å². The van der Waals surface area contributed by atoms with Crippen LogP contribution in [-0.4, -0.2) is 41.1 Å². The SMILES string of the molecule is CC1CCN(C(=O)CCOc2ccc(Br)cc2)C1C(=O)O. The third kappa shape index (κ3) is 3.97. The average Bonchev–Trinajstić information content (AvgIpc) is 2.83. The van der Waals surface area contributed by atoms with E-state index in [1.54, 1.807) is 0 Å². The Labute approximate surface area is 132 Å². The van der Waals surface area contributed by atoms with Crippen LogP contribution in [0.1, 0.15) is 19.8 Å². The van der Waals surface area contributed by atoms with E-state index < -0.39 is 12.0 Å². The number of carboxylic acids is 1. The lowest BCUT2D eigenvalue weighted by Gasteiger charge is -2.23. The van der Waals surface area contributed by atoms with Crippen LogP contribution >= 0.6 is 15.9 Å². The first kappa shape index (κ1) is 15.8. The highest BCUT2D eigenvalue weighted by molar-refractivity contribution is 9.10. The fourth-order valence-electron chi connectivity index (χ4n) is 2.53. The molecule has 2 atom stereocenters. The molecule has 1 aliphatic rings. The molecule has 1 aromatic rings. The van der Waals surface area contributed by atoms with Crippen LogP contribution in [0.15, 0.2) is 28.7 Å². The average molecular weight is 356 g/mol. The van der Waals surface area contributed by atoms with E-state index in [0.29, 0.717) is 12.3 Å². The Morgan fingerprint density at radius 2 is 2.05 bits per heavy atom. The quantitative estimate of drug-likeness (QED) is 0.881. The van der Waals surface area contributed by atoms with Crippen molar-refractivity contribution in [2.45, 2.75) is 25.8 Å². The van der Waals surface area contributed by atoms with E-state index >= 15 is 0 Å². The molecular weight excluding hydrogens is 338 g/mol. The molecule has 0 bridgehead atoms. The Morgan fingerprint density at radius 3 is 2.67 bits per heavy atom. The first-order valence-electron chi connectivity index (χ1n) is 6.89. The molecule has 1 aliphatic heterocycles. The maximum absolute atomic E-state index is 12.1. The Kier molecular flexibility index (Phi) is 5.22. The zero-order valence-electron chi connectivity index (χ0n) is 11.8. The highest BCUT2D eigenvalue weighted by Gasteiger charge is 2.39.